The Bertz CT molecular complexity index is 799. The van der Waals surface area contributed by atoms with Crippen molar-refractivity contribution >= 4 is 5.97 Å². The molecule has 0 spiro atoms. The van der Waals surface area contributed by atoms with Gasteiger partial charge in [-0.2, -0.15) is 4.57 Å². The Hall–Kier alpha value is -3.02. The van der Waals surface area contributed by atoms with Crippen molar-refractivity contribution in [2.24, 2.45) is 0 Å². The monoisotopic (exact) mass is 309 g/mol. The van der Waals surface area contributed by atoms with Crippen molar-refractivity contribution in [1.82, 2.24) is 15.0 Å². The minimum absolute atomic E-state index is 0.252. The van der Waals surface area contributed by atoms with Crippen molar-refractivity contribution in [3.05, 3.63) is 72.3 Å². The van der Waals surface area contributed by atoms with Gasteiger partial charge in [0.1, 0.15) is 5.69 Å². The number of hydrogen-bond donors (Lipinski definition) is 0. The van der Waals surface area contributed by atoms with Crippen LogP contribution in [-0.2, 0) is 22.5 Å². The van der Waals surface area contributed by atoms with Crippen LogP contribution in [-0.4, -0.2) is 28.1 Å². The molecule has 0 N–H and O–H groups in total. The highest BCUT2D eigenvalue weighted by Gasteiger charge is 2.11. The van der Waals surface area contributed by atoms with Gasteiger partial charge in [-0.3, -0.25) is 4.79 Å². The van der Waals surface area contributed by atoms with Crippen LogP contribution in [0.1, 0.15) is 11.3 Å². The van der Waals surface area contributed by atoms with Gasteiger partial charge in [0, 0.05) is 11.6 Å². The number of esters is 1. The number of ether oxygens (including phenoxy) is 1. The van der Waals surface area contributed by atoms with E-state index < -0.39 is 0 Å². The lowest BCUT2D eigenvalue weighted by molar-refractivity contribution is -0.689. The number of nitrogens with zero attached hydrogens (tertiary/aromatic N) is 4. The lowest BCUT2D eigenvalue weighted by Gasteiger charge is -1.99. The molecule has 1 aromatic carbocycles. The van der Waals surface area contributed by atoms with Gasteiger partial charge in [-0.15, -0.1) is 5.10 Å². The number of hydrogen-bond acceptors (Lipinski definition) is 4. The van der Waals surface area contributed by atoms with Gasteiger partial charge in [-0.25, -0.2) is 4.68 Å². The van der Waals surface area contributed by atoms with Crippen molar-refractivity contribution in [1.29, 1.82) is 0 Å². The van der Waals surface area contributed by atoms with Crippen LogP contribution in [0.4, 0.5) is 0 Å². The Morgan fingerprint density at radius 2 is 2.04 bits per heavy atom. The zero-order valence-electron chi connectivity index (χ0n) is 12.8. The molecule has 2 heterocycles. The quantitative estimate of drug-likeness (QED) is 0.527. The first kappa shape index (κ1) is 14.9. The van der Waals surface area contributed by atoms with Crippen molar-refractivity contribution in [3.8, 4) is 5.69 Å². The maximum absolute atomic E-state index is 11.4. The summed E-state index contributed by atoms with van der Waals surface area (Å²) in [5.74, 6) is -0.252. The van der Waals surface area contributed by atoms with E-state index in [1.165, 1.54) is 7.11 Å². The summed E-state index contributed by atoms with van der Waals surface area (Å²) < 4.78 is 8.40. The van der Waals surface area contributed by atoms with Gasteiger partial charge in [0.15, 0.2) is 18.9 Å². The van der Waals surface area contributed by atoms with Crippen molar-refractivity contribution < 1.29 is 14.1 Å². The second-order valence-corrected chi connectivity index (χ2v) is 5.13. The van der Waals surface area contributed by atoms with Gasteiger partial charge < -0.3 is 4.74 Å². The lowest BCUT2D eigenvalue weighted by Crippen LogP contribution is -2.34. The van der Waals surface area contributed by atoms with E-state index in [-0.39, 0.29) is 12.4 Å². The Morgan fingerprint density at radius 3 is 2.83 bits per heavy atom. The SMILES string of the molecule is COC(=O)Cc1ccc[n+](Cc2cn(-c3ccccc3)nn2)c1. The molecule has 0 radical (unpaired) electrons. The van der Waals surface area contributed by atoms with Crippen LogP contribution in [0.2, 0.25) is 0 Å². The average Bonchev–Trinajstić information content (AvgIpc) is 3.04. The maximum Gasteiger partial charge on any atom is 0.310 e. The fourth-order valence-electron chi connectivity index (χ4n) is 2.28. The first-order valence-corrected chi connectivity index (χ1v) is 7.26. The van der Waals surface area contributed by atoms with E-state index in [1.54, 1.807) is 4.68 Å². The second-order valence-electron chi connectivity index (χ2n) is 5.13. The van der Waals surface area contributed by atoms with Gasteiger partial charge in [0.2, 0.25) is 0 Å². The van der Waals surface area contributed by atoms with Crippen LogP contribution in [0.15, 0.2) is 61.1 Å². The number of aromatic nitrogens is 4. The van der Waals surface area contributed by atoms with Crippen LogP contribution < -0.4 is 4.57 Å². The smallest absolute Gasteiger partial charge is 0.310 e. The van der Waals surface area contributed by atoms with Crippen LogP contribution in [0.25, 0.3) is 5.69 Å². The molecule has 0 aliphatic rings. The van der Waals surface area contributed by atoms with Gasteiger partial charge in [0.25, 0.3) is 0 Å². The van der Waals surface area contributed by atoms with E-state index in [0.717, 1.165) is 16.9 Å². The zero-order valence-corrected chi connectivity index (χ0v) is 12.8. The third-order valence-electron chi connectivity index (χ3n) is 3.40. The van der Waals surface area contributed by atoms with E-state index >= 15 is 0 Å². The lowest BCUT2D eigenvalue weighted by atomic mass is 10.2. The van der Waals surface area contributed by atoms with Gasteiger partial charge in [0.05, 0.1) is 25.4 Å². The molecule has 0 saturated heterocycles. The zero-order chi connectivity index (χ0) is 16.1. The summed E-state index contributed by atoms with van der Waals surface area (Å²) in [6.45, 7) is 0.585. The Morgan fingerprint density at radius 1 is 1.22 bits per heavy atom. The highest BCUT2D eigenvalue weighted by Crippen LogP contribution is 2.05. The number of carbonyl (C=O) groups is 1. The molecule has 116 valence electrons. The van der Waals surface area contributed by atoms with Crippen LogP contribution in [0.5, 0.6) is 0 Å². The molecule has 0 atom stereocenters. The molecule has 23 heavy (non-hydrogen) atoms. The standard InChI is InChI=1S/C17H17N4O2/c1-23-17(22)10-14-6-5-9-20(11-14)12-15-13-21(19-18-15)16-7-3-2-4-8-16/h2-9,11,13H,10,12H2,1H3/q+1. The largest absolute Gasteiger partial charge is 0.469 e. The fraction of sp³-hybridized carbons (Fsp3) is 0.176. The number of carbonyl (C=O) groups excluding carboxylic acids is 1. The second kappa shape index (κ2) is 6.83. The highest BCUT2D eigenvalue weighted by molar-refractivity contribution is 5.72. The van der Waals surface area contributed by atoms with Crippen LogP contribution in [0.3, 0.4) is 0 Å². The number of benzene rings is 1. The Balaban J connectivity index is 1.74. The molecular weight excluding hydrogens is 292 g/mol. The first-order valence-electron chi connectivity index (χ1n) is 7.26. The summed E-state index contributed by atoms with van der Waals surface area (Å²) in [6, 6.07) is 13.6. The first-order chi connectivity index (χ1) is 11.2. The van der Waals surface area contributed by atoms with Crippen LogP contribution >= 0.6 is 0 Å². The molecule has 0 aliphatic carbocycles. The third-order valence-corrected chi connectivity index (χ3v) is 3.40. The summed E-state index contributed by atoms with van der Waals surface area (Å²) in [5, 5.41) is 8.34. The fourth-order valence-corrected chi connectivity index (χ4v) is 2.28. The normalized spacial score (nSPS) is 10.5. The molecule has 0 bridgehead atoms. The van der Waals surface area contributed by atoms with E-state index in [2.05, 4.69) is 10.3 Å². The van der Waals surface area contributed by atoms with Gasteiger partial charge in [-0.1, -0.05) is 23.4 Å². The van der Waals surface area contributed by atoms with Crippen LogP contribution in [0, 0.1) is 0 Å². The molecule has 2 aromatic heterocycles. The molecule has 3 rings (SSSR count). The Kier molecular flexibility index (Phi) is 4.42. The maximum atomic E-state index is 11.4. The molecule has 3 aromatic rings. The molecule has 6 heteroatoms. The van der Waals surface area contributed by atoms with Crippen molar-refractivity contribution in [2.75, 3.05) is 7.11 Å². The third kappa shape index (κ3) is 3.79. The summed E-state index contributed by atoms with van der Waals surface area (Å²) in [4.78, 5) is 11.4. The highest BCUT2D eigenvalue weighted by atomic mass is 16.5. The van der Waals surface area contributed by atoms with Gasteiger partial charge >= 0.3 is 5.97 Å². The topological polar surface area (TPSA) is 60.9 Å². The molecule has 0 fully saturated rings. The summed E-state index contributed by atoms with van der Waals surface area (Å²) in [5.41, 5.74) is 2.71. The Labute approximate surface area is 134 Å². The van der Waals surface area contributed by atoms with E-state index in [0.29, 0.717) is 6.54 Å². The number of methoxy groups -OCH3 is 1. The summed E-state index contributed by atoms with van der Waals surface area (Å²) in [6.07, 6.45) is 6.00. The predicted octanol–water partition coefficient (Wildman–Crippen LogP) is 1.32. The predicted molar refractivity (Wildman–Crippen MR) is 82.8 cm³/mol. The summed E-state index contributed by atoms with van der Waals surface area (Å²) in [7, 11) is 1.39. The molecule has 0 saturated carbocycles. The van der Waals surface area contributed by atoms with Crippen molar-refractivity contribution in [2.45, 2.75) is 13.0 Å². The number of pyridine rings is 1. The minimum atomic E-state index is -0.252. The van der Waals surface area contributed by atoms with E-state index in [1.807, 2.05) is 65.6 Å². The van der Waals surface area contributed by atoms with Gasteiger partial charge in [-0.05, 0) is 18.2 Å². The van der Waals surface area contributed by atoms with E-state index in [9.17, 15) is 4.79 Å². The average molecular weight is 309 g/mol. The van der Waals surface area contributed by atoms with Crippen molar-refractivity contribution in [3.63, 3.8) is 0 Å². The molecule has 0 unspecified atom stereocenters. The number of para-hydroxylation sites is 1. The molecular formula is C17H17N4O2+. The molecule has 0 aliphatic heterocycles. The molecule has 0 amide bonds. The van der Waals surface area contributed by atoms with E-state index in [4.69, 9.17) is 4.74 Å². The summed E-state index contributed by atoms with van der Waals surface area (Å²) >= 11 is 0. The minimum Gasteiger partial charge on any atom is -0.469 e. The molecule has 6 nitrogen and oxygen atoms in total. The number of rotatable bonds is 5.